The van der Waals surface area contributed by atoms with Crippen LogP contribution >= 0.6 is 11.6 Å². The molecule has 0 aliphatic carbocycles. The first-order chi connectivity index (χ1) is 11.1. The number of halogens is 2. The molecule has 3 rings (SSSR count). The second-order valence-electron chi connectivity index (χ2n) is 4.86. The van der Waals surface area contributed by atoms with Crippen molar-refractivity contribution in [2.45, 2.75) is 6.54 Å². The molecule has 1 heterocycles. The van der Waals surface area contributed by atoms with Gasteiger partial charge in [0, 0.05) is 16.7 Å². The van der Waals surface area contributed by atoms with Crippen molar-refractivity contribution in [3.05, 3.63) is 76.7 Å². The number of hydrogen-bond acceptors (Lipinski definition) is 3. The van der Waals surface area contributed by atoms with E-state index in [4.69, 9.17) is 16.1 Å². The zero-order valence-electron chi connectivity index (χ0n) is 11.9. The summed E-state index contributed by atoms with van der Waals surface area (Å²) in [5.41, 5.74) is 1.28. The van der Waals surface area contributed by atoms with E-state index in [9.17, 15) is 9.18 Å². The zero-order chi connectivity index (χ0) is 16.2. The summed E-state index contributed by atoms with van der Waals surface area (Å²) in [5, 5.41) is 7.03. The van der Waals surface area contributed by atoms with Crippen molar-refractivity contribution in [1.29, 1.82) is 0 Å². The molecule has 0 spiro atoms. The Balaban J connectivity index is 1.68. The Bertz CT molecular complexity index is 848. The molecule has 0 aliphatic heterocycles. The quantitative estimate of drug-likeness (QED) is 0.784. The van der Waals surface area contributed by atoms with Gasteiger partial charge in [-0.3, -0.25) is 4.79 Å². The summed E-state index contributed by atoms with van der Waals surface area (Å²) in [7, 11) is 0. The summed E-state index contributed by atoms with van der Waals surface area (Å²) in [6, 6.07) is 14.5. The molecule has 0 saturated carbocycles. The third-order valence-electron chi connectivity index (χ3n) is 3.22. The van der Waals surface area contributed by atoms with Crippen LogP contribution < -0.4 is 5.32 Å². The highest BCUT2D eigenvalue weighted by atomic mass is 35.5. The molecule has 1 aromatic heterocycles. The highest BCUT2D eigenvalue weighted by molar-refractivity contribution is 6.30. The fourth-order valence-electron chi connectivity index (χ4n) is 2.09. The number of rotatable bonds is 4. The monoisotopic (exact) mass is 330 g/mol. The molecule has 6 heteroatoms. The Morgan fingerprint density at radius 1 is 1.17 bits per heavy atom. The van der Waals surface area contributed by atoms with Crippen LogP contribution in [0.2, 0.25) is 5.02 Å². The third-order valence-corrected chi connectivity index (χ3v) is 3.45. The predicted molar refractivity (Wildman–Crippen MR) is 84.5 cm³/mol. The number of nitrogens with one attached hydrogen (secondary N) is 1. The minimum atomic E-state index is -0.391. The van der Waals surface area contributed by atoms with Gasteiger partial charge in [-0.15, -0.1) is 0 Å². The van der Waals surface area contributed by atoms with Crippen LogP contribution in [0, 0.1) is 5.82 Å². The van der Waals surface area contributed by atoms with Gasteiger partial charge in [0.1, 0.15) is 11.5 Å². The first-order valence-electron chi connectivity index (χ1n) is 6.88. The minimum Gasteiger partial charge on any atom is -0.356 e. The number of hydrogen-bond donors (Lipinski definition) is 1. The number of carbonyl (C=O) groups is 1. The van der Waals surface area contributed by atoms with E-state index in [-0.39, 0.29) is 12.5 Å². The van der Waals surface area contributed by atoms with E-state index >= 15 is 0 Å². The van der Waals surface area contributed by atoms with Gasteiger partial charge in [0.2, 0.25) is 0 Å². The van der Waals surface area contributed by atoms with Crippen molar-refractivity contribution in [3.63, 3.8) is 0 Å². The van der Waals surface area contributed by atoms with Gasteiger partial charge >= 0.3 is 0 Å². The normalized spacial score (nSPS) is 10.5. The molecule has 116 valence electrons. The third kappa shape index (κ3) is 3.57. The van der Waals surface area contributed by atoms with Crippen molar-refractivity contribution < 1.29 is 13.7 Å². The fourth-order valence-corrected chi connectivity index (χ4v) is 2.28. The van der Waals surface area contributed by atoms with Crippen molar-refractivity contribution in [2.24, 2.45) is 0 Å². The van der Waals surface area contributed by atoms with Gasteiger partial charge < -0.3 is 9.84 Å². The first-order valence-corrected chi connectivity index (χ1v) is 7.25. The zero-order valence-corrected chi connectivity index (χ0v) is 12.7. The Morgan fingerprint density at radius 2 is 2.00 bits per heavy atom. The molecule has 0 bridgehead atoms. The topological polar surface area (TPSA) is 55.1 Å². The van der Waals surface area contributed by atoms with Gasteiger partial charge in [0.05, 0.1) is 12.1 Å². The smallest absolute Gasteiger partial charge is 0.251 e. The highest BCUT2D eigenvalue weighted by Gasteiger charge is 2.12. The number of amides is 1. The van der Waals surface area contributed by atoms with Crippen LogP contribution in [0.4, 0.5) is 4.39 Å². The lowest BCUT2D eigenvalue weighted by Crippen LogP contribution is -2.22. The van der Waals surface area contributed by atoms with E-state index in [0.717, 1.165) is 0 Å². The molecule has 0 aliphatic rings. The summed E-state index contributed by atoms with van der Waals surface area (Å²) in [6.07, 6.45) is 0. The summed E-state index contributed by atoms with van der Waals surface area (Å²) in [6.45, 7) is 0.170. The van der Waals surface area contributed by atoms with Crippen molar-refractivity contribution in [1.82, 2.24) is 10.5 Å². The molecule has 23 heavy (non-hydrogen) atoms. The summed E-state index contributed by atoms with van der Waals surface area (Å²) in [4.78, 5) is 12.0. The fraction of sp³-hybridized carbons (Fsp3) is 0.0588. The van der Waals surface area contributed by atoms with Crippen LogP contribution in [0.3, 0.4) is 0 Å². The largest absolute Gasteiger partial charge is 0.356 e. The van der Waals surface area contributed by atoms with E-state index in [2.05, 4.69) is 10.5 Å². The molecule has 0 unspecified atom stereocenters. The highest BCUT2D eigenvalue weighted by Crippen LogP contribution is 2.23. The molecule has 1 amide bonds. The van der Waals surface area contributed by atoms with Crippen molar-refractivity contribution in [3.8, 4) is 11.3 Å². The van der Waals surface area contributed by atoms with Crippen LogP contribution in [0.5, 0.6) is 0 Å². The van der Waals surface area contributed by atoms with Gasteiger partial charge in [-0.25, -0.2) is 4.39 Å². The van der Waals surface area contributed by atoms with Crippen molar-refractivity contribution in [2.75, 3.05) is 0 Å². The summed E-state index contributed by atoms with van der Waals surface area (Å²) >= 11 is 5.85. The second-order valence-corrected chi connectivity index (χ2v) is 5.29. The predicted octanol–water partition coefficient (Wildman–Crippen LogP) is 4.06. The first kappa shape index (κ1) is 15.2. The lowest BCUT2D eigenvalue weighted by Gasteiger charge is -2.02. The van der Waals surface area contributed by atoms with Crippen molar-refractivity contribution >= 4 is 17.5 Å². The van der Waals surface area contributed by atoms with E-state index < -0.39 is 5.82 Å². The molecule has 3 aromatic rings. The Labute approximate surface area is 136 Å². The molecular formula is C17H12ClFN2O2. The van der Waals surface area contributed by atoms with Gasteiger partial charge in [-0.1, -0.05) is 35.0 Å². The molecule has 0 saturated heterocycles. The Morgan fingerprint density at radius 3 is 2.78 bits per heavy atom. The van der Waals surface area contributed by atoms with Gasteiger partial charge in [0.15, 0.2) is 5.76 Å². The molecule has 0 radical (unpaired) electrons. The average molecular weight is 331 g/mol. The van der Waals surface area contributed by atoms with Crippen LogP contribution in [-0.4, -0.2) is 11.1 Å². The van der Waals surface area contributed by atoms with E-state index in [0.29, 0.717) is 27.6 Å². The van der Waals surface area contributed by atoms with Crippen LogP contribution in [0.1, 0.15) is 16.1 Å². The maximum Gasteiger partial charge on any atom is 0.251 e. The standard InChI is InChI=1S/C17H12ClFN2O2/c18-12-5-3-4-11(8-12)17(22)20-10-13-9-16(23-21-13)14-6-1-2-7-15(14)19/h1-9H,10H2,(H,20,22). The van der Waals surface area contributed by atoms with E-state index in [1.54, 1.807) is 48.5 Å². The summed E-state index contributed by atoms with van der Waals surface area (Å²) in [5.74, 6) is -0.351. The number of nitrogens with zero attached hydrogens (tertiary/aromatic N) is 1. The molecule has 0 fully saturated rings. The van der Waals surface area contributed by atoms with Crippen LogP contribution in [-0.2, 0) is 6.54 Å². The maximum absolute atomic E-state index is 13.7. The molecule has 2 aromatic carbocycles. The number of carbonyl (C=O) groups excluding carboxylic acids is 1. The molecule has 1 N–H and O–H groups in total. The van der Waals surface area contributed by atoms with Gasteiger partial charge in [-0.05, 0) is 30.3 Å². The second kappa shape index (κ2) is 6.62. The lowest BCUT2D eigenvalue weighted by atomic mass is 10.1. The Kier molecular flexibility index (Phi) is 4.39. The molecule has 4 nitrogen and oxygen atoms in total. The average Bonchev–Trinajstić information content (AvgIpc) is 3.02. The van der Waals surface area contributed by atoms with Crippen LogP contribution in [0.15, 0.2) is 59.1 Å². The number of aromatic nitrogens is 1. The lowest BCUT2D eigenvalue weighted by molar-refractivity contribution is 0.0950. The SMILES string of the molecule is O=C(NCc1cc(-c2ccccc2F)on1)c1cccc(Cl)c1. The van der Waals surface area contributed by atoms with Crippen LogP contribution in [0.25, 0.3) is 11.3 Å². The Hall–Kier alpha value is -2.66. The summed E-state index contributed by atoms with van der Waals surface area (Å²) < 4.78 is 18.8. The van der Waals surface area contributed by atoms with E-state index in [1.807, 2.05) is 0 Å². The maximum atomic E-state index is 13.7. The minimum absolute atomic E-state index is 0.170. The van der Waals surface area contributed by atoms with E-state index in [1.165, 1.54) is 6.07 Å². The van der Waals surface area contributed by atoms with Gasteiger partial charge in [0.25, 0.3) is 5.91 Å². The number of benzene rings is 2. The molecule has 0 atom stereocenters. The van der Waals surface area contributed by atoms with Gasteiger partial charge in [-0.2, -0.15) is 0 Å². The molecular weight excluding hydrogens is 319 g/mol.